The van der Waals surface area contributed by atoms with E-state index in [1.807, 2.05) is 13.8 Å². The molecule has 1 aromatic heterocycles. The standard InChI is InChI=1S/C19H20ClN3O3S3/c1-3-22-17(25)15(29-19(22)27)10-21-6-7-28-14-9-16(24)23(18(14)26)12-5-4-11(2)13(20)8-12/h4-5,8,10,14,25H,3,6-7,9H2,1-2H3. The van der Waals surface area contributed by atoms with E-state index >= 15 is 0 Å². The van der Waals surface area contributed by atoms with Crippen LogP contribution in [0.25, 0.3) is 0 Å². The Labute approximate surface area is 187 Å². The van der Waals surface area contributed by atoms with Gasteiger partial charge in [0.2, 0.25) is 17.7 Å². The predicted molar refractivity (Wildman–Crippen MR) is 122 cm³/mol. The van der Waals surface area contributed by atoms with Crippen LogP contribution >= 0.6 is 46.9 Å². The summed E-state index contributed by atoms with van der Waals surface area (Å²) in [6.45, 7) is 4.85. The molecule has 1 unspecified atom stereocenters. The van der Waals surface area contributed by atoms with E-state index < -0.39 is 5.25 Å². The first-order chi connectivity index (χ1) is 13.8. The molecule has 6 nitrogen and oxygen atoms in total. The number of anilines is 1. The van der Waals surface area contributed by atoms with Crippen LogP contribution in [0.5, 0.6) is 5.88 Å². The predicted octanol–water partition coefficient (Wildman–Crippen LogP) is 4.45. The lowest BCUT2D eigenvalue weighted by Crippen LogP contribution is -2.31. The van der Waals surface area contributed by atoms with E-state index in [4.69, 9.17) is 23.8 Å². The number of carbonyl (C=O) groups is 2. The van der Waals surface area contributed by atoms with Gasteiger partial charge in [-0.25, -0.2) is 4.90 Å². The van der Waals surface area contributed by atoms with Crippen molar-refractivity contribution in [2.75, 3.05) is 17.2 Å². The second-order valence-corrected chi connectivity index (χ2v) is 9.79. The van der Waals surface area contributed by atoms with E-state index in [9.17, 15) is 14.7 Å². The van der Waals surface area contributed by atoms with Gasteiger partial charge in [0.1, 0.15) is 4.88 Å². The summed E-state index contributed by atoms with van der Waals surface area (Å²) in [6.07, 6.45) is 1.77. The molecule has 2 aromatic rings. The summed E-state index contributed by atoms with van der Waals surface area (Å²) in [5.74, 6) is 0.271. The summed E-state index contributed by atoms with van der Waals surface area (Å²) >= 11 is 14.0. The second kappa shape index (κ2) is 9.42. The van der Waals surface area contributed by atoms with Crippen LogP contribution in [0.1, 0.15) is 23.8 Å². The summed E-state index contributed by atoms with van der Waals surface area (Å²) < 4.78 is 2.25. The van der Waals surface area contributed by atoms with Crippen molar-refractivity contribution in [3.8, 4) is 5.88 Å². The van der Waals surface area contributed by atoms with Gasteiger partial charge < -0.3 is 5.11 Å². The number of halogens is 1. The molecular formula is C19H20ClN3O3S3. The Hall–Kier alpha value is -1.68. The largest absolute Gasteiger partial charge is 0.493 e. The maximum atomic E-state index is 12.7. The number of rotatable bonds is 7. The monoisotopic (exact) mass is 469 g/mol. The van der Waals surface area contributed by atoms with Crippen LogP contribution in [0.3, 0.4) is 0 Å². The molecule has 1 N–H and O–H groups in total. The van der Waals surface area contributed by atoms with E-state index in [-0.39, 0.29) is 24.1 Å². The van der Waals surface area contributed by atoms with Crippen molar-refractivity contribution in [1.82, 2.24) is 4.57 Å². The SMILES string of the molecule is CCn1c(O)c(C=NCCSC2CC(=O)N(c3ccc(C)c(Cl)c3)C2=O)sc1=S. The topological polar surface area (TPSA) is 74.9 Å². The average molecular weight is 470 g/mol. The number of imide groups is 1. The molecule has 1 atom stereocenters. The van der Waals surface area contributed by atoms with Crippen molar-refractivity contribution >= 4 is 70.6 Å². The van der Waals surface area contributed by atoms with Crippen LogP contribution in [0.2, 0.25) is 5.02 Å². The lowest BCUT2D eigenvalue weighted by molar-refractivity contribution is -0.121. The van der Waals surface area contributed by atoms with Gasteiger partial charge in [-0.15, -0.1) is 11.8 Å². The van der Waals surface area contributed by atoms with Gasteiger partial charge >= 0.3 is 0 Å². The van der Waals surface area contributed by atoms with Crippen LogP contribution in [0, 0.1) is 10.9 Å². The van der Waals surface area contributed by atoms with E-state index in [1.54, 1.807) is 29.0 Å². The van der Waals surface area contributed by atoms with E-state index in [0.717, 1.165) is 5.56 Å². The Morgan fingerprint density at radius 3 is 2.86 bits per heavy atom. The maximum absolute atomic E-state index is 12.7. The molecule has 1 aliphatic rings. The number of hydrogen-bond donors (Lipinski definition) is 1. The number of aryl methyl sites for hydroxylation is 1. The lowest BCUT2D eigenvalue weighted by Gasteiger charge is -2.15. The first-order valence-electron chi connectivity index (χ1n) is 9.00. The van der Waals surface area contributed by atoms with Crippen LogP contribution < -0.4 is 4.90 Å². The van der Waals surface area contributed by atoms with Crippen molar-refractivity contribution in [1.29, 1.82) is 0 Å². The normalized spacial score (nSPS) is 17.1. The van der Waals surface area contributed by atoms with Gasteiger partial charge in [0.15, 0.2) is 3.95 Å². The molecule has 0 radical (unpaired) electrons. The second-order valence-electron chi connectivity index (χ2n) is 6.40. The molecule has 1 fully saturated rings. The summed E-state index contributed by atoms with van der Waals surface area (Å²) in [4.78, 5) is 31.2. The van der Waals surface area contributed by atoms with E-state index in [0.29, 0.717) is 38.4 Å². The number of benzene rings is 1. The van der Waals surface area contributed by atoms with Crippen molar-refractivity contribution in [2.45, 2.75) is 32.1 Å². The van der Waals surface area contributed by atoms with Gasteiger partial charge in [0.25, 0.3) is 0 Å². The zero-order valence-electron chi connectivity index (χ0n) is 15.9. The first-order valence-corrected chi connectivity index (χ1v) is 11.7. The highest BCUT2D eigenvalue weighted by atomic mass is 35.5. The Balaban J connectivity index is 1.56. The fourth-order valence-corrected chi connectivity index (χ4v) is 5.40. The van der Waals surface area contributed by atoms with Gasteiger partial charge in [-0.05, 0) is 43.8 Å². The summed E-state index contributed by atoms with van der Waals surface area (Å²) in [7, 11) is 0. The number of aromatic hydroxyl groups is 1. The zero-order chi connectivity index (χ0) is 21.1. The third-order valence-electron chi connectivity index (χ3n) is 4.48. The van der Waals surface area contributed by atoms with Crippen molar-refractivity contribution in [2.24, 2.45) is 4.99 Å². The number of carbonyl (C=O) groups excluding carboxylic acids is 2. The molecular weight excluding hydrogens is 450 g/mol. The smallest absolute Gasteiger partial charge is 0.247 e. The number of amides is 2. The number of thioether (sulfide) groups is 1. The van der Waals surface area contributed by atoms with Crippen LogP contribution in [0.15, 0.2) is 23.2 Å². The lowest BCUT2D eigenvalue weighted by atomic mass is 10.2. The van der Waals surface area contributed by atoms with Crippen molar-refractivity contribution in [3.63, 3.8) is 0 Å². The molecule has 0 spiro atoms. The average Bonchev–Trinajstić information content (AvgIpc) is 3.12. The number of hydrogen-bond acceptors (Lipinski definition) is 7. The molecule has 3 rings (SSSR count). The zero-order valence-corrected chi connectivity index (χ0v) is 19.1. The van der Waals surface area contributed by atoms with Crippen molar-refractivity contribution < 1.29 is 14.7 Å². The molecule has 1 aromatic carbocycles. The molecule has 2 amide bonds. The summed E-state index contributed by atoms with van der Waals surface area (Å²) in [5, 5.41) is 10.2. The molecule has 0 aliphatic carbocycles. The fourth-order valence-electron chi connectivity index (χ4n) is 2.90. The molecule has 0 saturated carbocycles. The van der Waals surface area contributed by atoms with Crippen LogP contribution in [-0.2, 0) is 16.1 Å². The quantitative estimate of drug-likeness (QED) is 0.280. The highest BCUT2D eigenvalue weighted by Crippen LogP contribution is 2.32. The molecule has 1 saturated heterocycles. The highest BCUT2D eigenvalue weighted by Gasteiger charge is 2.39. The molecule has 1 aliphatic heterocycles. The Morgan fingerprint density at radius 2 is 2.21 bits per heavy atom. The fraction of sp³-hybridized carbons (Fsp3) is 0.368. The number of nitrogens with zero attached hydrogens (tertiary/aromatic N) is 3. The molecule has 10 heteroatoms. The highest BCUT2D eigenvalue weighted by molar-refractivity contribution is 8.00. The van der Waals surface area contributed by atoms with Gasteiger partial charge in [-0.1, -0.05) is 29.0 Å². The minimum Gasteiger partial charge on any atom is -0.493 e. The molecule has 154 valence electrons. The first kappa shape index (κ1) is 22.0. The van der Waals surface area contributed by atoms with Gasteiger partial charge in [-0.2, -0.15) is 0 Å². The molecule has 2 heterocycles. The summed E-state index contributed by atoms with van der Waals surface area (Å²) in [5.41, 5.74) is 1.40. The van der Waals surface area contributed by atoms with Crippen LogP contribution in [-0.4, -0.2) is 45.3 Å². The molecule has 0 bridgehead atoms. The third kappa shape index (κ3) is 4.74. The Bertz CT molecular complexity index is 1030. The molecule has 29 heavy (non-hydrogen) atoms. The minimum atomic E-state index is -0.422. The van der Waals surface area contributed by atoms with Gasteiger partial charge in [0, 0.05) is 36.5 Å². The third-order valence-corrected chi connectivity index (χ3v) is 7.45. The number of aromatic nitrogens is 1. The number of thiazole rings is 1. The maximum Gasteiger partial charge on any atom is 0.247 e. The minimum absolute atomic E-state index is 0.128. The Kier molecular flexibility index (Phi) is 7.15. The Morgan fingerprint density at radius 1 is 1.45 bits per heavy atom. The van der Waals surface area contributed by atoms with Crippen molar-refractivity contribution in [3.05, 3.63) is 37.6 Å². The number of aliphatic imine (C=N–C) groups is 1. The van der Waals surface area contributed by atoms with E-state index in [2.05, 4.69) is 4.99 Å². The van der Waals surface area contributed by atoms with Gasteiger partial charge in [-0.3, -0.25) is 19.1 Å². The van der Waals surface area contributed by atoms with Crippen LogP contribution in [0.4, 0.5) is 5.69 Å². The van der Waals surface area contributed by atoms with E-state index in [1.165, 1.54) is 28.0 Å². The van der Waals surface area contributed by atoms with Gasteiger partial charge in [0.05, 0.1) is 10.9 Å². The summed E-state index contributed by atoms with van der Waals surface area (Å²) in [6, 6.07) is 5.18.